The fraction of sp³-hybridized carbons (Fsp3) is 0.357. The molecule has 1 aromatic rings. The van der Waals surface area contributed by atoms with Gasteiger partial charge in [-0.1, -0.05) is 24.3 Å². The van der Waals surface area contributed by atoms with Crippen LogP contribution in [0.3, 0.4) is 0 Å². The molecular weight excluding hydrogens is 232 g/mol. The zero-order valence-electron chi connectivity index (χ0n) is 10.7. The normalized spacial score (nSPS) is 26.1. The van der Waals surface area contributed by atoms with Crippen molar-refractivity contribution in [1.29, 1.82) is 0 Å². The third-order valence-corrected chi connectivity index (χ3v) is 3.03. The van der Waals surface area contributed by atoms with E-state index < -0.39 is 5.60 Å². The summed E-state index contributed by atoms with van der Waals surface area (Å²) in [6.07, 6.45) is 3.56. The standard InChI is InChI=1S/C14H16O4/c1-14(13(15)17-3)12(18-14)9-6-10-4-7-11(16-2)8-5-10/h4-9,12H,1-3H3. The summed E-state index contributed by atoms with van der Waals surface area (Å²) in [6, 6.07) is 7.64. The number of rotatable bonds is 4. The SMILES string of the molecule is COC(=O)C1(C)OC1C=Cc1ccc(OC)cc1. The molecule has 2 atom stereocenters. The molecule has 0 saturated carbocycles. The zero-order valence-corrected chi connectivity index (χ0v) is 10.7. The molecule has 2 unspecified atom stereocenters. The second-order valence-corrected chi connectivity index (χ2v) is 4.27. The summed E-state index contributed by atoms with van der Waals surface area (Å²) in [5.41, 5.74) is 0.205. The van der Waals surface area contributed by atoms with E-state index >= 15 is 0 Å². The number of hydrogen-bond acceptors (Lipinski definition) is 4. The van der Waals surface area contributed by atoms with Crippen LogP contribution in [-0.4, -0.2) is 31.9 Å². The van der Waals surface area contributed by atoms with Gasteiger partial charge in [-0.3, -0.25) is 0 Å². The predicted octanol–water partition coefficient (Wildman–Crippen LogP) is 2.04. The van der Waals surface area contributed by atoms with Gasteiger partial charge in [0.05, 0.1) is 14.2 Å². The summed E-state index contributed by atoms with van der Waals surface area (Å²) in [5.74, 6) is 0.473. The maximum absolute atomic E-state index is 11.4. The Morgan fingerprint density at radius 1 is 1.33 bits per heavy atom. The molecule has 1 fully saturated rings. The summed E-state index contributed by atoms with van der Waals surface area (Å²) in [4.78, 5) is 11.4. The van der Waals surface area contributed by atoms with Gasteiger partial charge in [-0.15, -0.1) is 0 Å². The van der Waals surface area contributed by atoms with Crippen LogP contribution in [0.2, 0.25) is 0 Å². The zero-order chi connectivity index (χ0) is 13.2. The summed E-state index contributed by atoms with van der Waals surface area (Å²) in [6.45, 7) is 1.72. The van der Waals surface area contributed by atoms with E-state index in [1.165, 1.54) is 7.11 Å². The van der Waals surface area contributed by atoms with Gasteiger partial charge in [-0.05, 0) is 24.6 Å². The van der Waals surface area contributed by atoms with Crippen molar-refractivity contribution in [2.24, 2.45) is 0 Å². The Bertz CT molecular complexity index is 463. The second kappa shape index (κ2) is 4.82. The van der Waals surface area contributed by atoms with Crippen molar-refractivity contribution < 1.29 is 19.0 Å². The first-order chi connectivity index (χ1) is 8.60. The minimum absolute atomic E-state index is 0.216. The van der Waals surface area contributed by atoms with Gasteiger partial charge in [0, 0.05) is 0 Å². The summed E-state index contributed by atoms with van der Waals surface area (Å²) in [7, 11) is 2.99. The lowest BCUT2D eigenvalue weighted by atomic mass is 10.1. The lowest BCUT2D eigenvalue weighted by Gasteiger charge is -2.01. The molecule has 96 valence electrons. The number of benzene rings is 1. The number of methoxy groups -OCH3 is 2. The quantitative estimate of drug-likeness (QED) is 0.604. The Hall–Kier alpha value is -1.81. The van der Waals surface area contributed by atoms with E-state index in [9.17, 15) is 4.79 Å². The van der Waals surface area contributed by atoms with Crippen LogP contribution in [0.4, 0.5) is 0 Å². The molecule has 0 spiro atoms. The highest BCUT2D eigenvalue weighted by Crippen LogP contribution is 2.38. The average molecular weight is 248 g/mol. The van der Waals surface area contributed by atoms with E-state index in [4.69, 9.17) is 9.47 Å². The summed E-state index contributed by atoms with van der Waals surface area (Å²) < 4.78 is 15.1. The molecule has 2 rings (SSSR count). The maximum Gasteiger partial charge on any atom is 0.340 e. The van der Waals surface area contributed by atoms with Crippen molar-refractivity contribution in [3.05, 3.63) is 35.9 Å². The van der Waals surface area contributed by atoms with Crippen molar-refractivity contribution in [3.63, 3.8) is 0 Å². The van der Waals surface area contributed by atoms with E-state index in [1.807, 2.05) is 36.4 Å². The van der Waals surface area contributed by atoms with Gasteiger partial charge in [-0.2, -0.15) is 0 Å². The van der Waals surface area contributed by atoms with Crippen LogP contribution in [0, 0.1) is 0 Å². The minimum Gasteiger partial charge on any atom is -0.497 e. The molecule has 0 N–H and O–H groups in total. The monoisotopic (exact) mass is 248 g/mol. The van der Waals surface area contributed by atoms with Crippen molar-refractivity contribution in [2.45, 2.75) is 18.6 Å². The fourth-order valence-corrected chi connectivity index (χ4v) is 1.73. The molecule has 1 aromatic carbocycles. The van der Waals surface area contributed by atoms with Gasteiger partial charge < -0.3 is 14.2 Å². The number of carbonyl (C=O) groups excluding carboxylic acids is 1. The average Bonchev–Trinajstić information content (AvgIpc) is 3.08. The molecule has 0 bridgehead atoms. The predicted molar refractivity (Wildman–Crippen MR) is 67.3 cm³/mol. The topological polar surface area (TPSA) is 48.1 Å². The number of hydrogen-bond donors (Lipinski definition) is 0. The van der Waals surface area contributed by atoms with Gasteiger partial charge in [0.15, 0.2) is 5.60 Å². The lowest BCUT2D eigenvalue weighted by molar-refractivity contribution is -0.146. The summed E-state index contributed by atoms with van der Waals surface area (Å²) >= 11 is 0. The number of carbonyl (C=O) groups is 1. The first-order valence-corrected chi connectivity index (χ1v) is 5.68. The molecule has 1 aliphatic heterocycles. The van der Waals surface area contributed by atoms with Gasteiger partial charge in [0.25, 0.3) is 0 Å². The van der Waals surface area contributed by atoms with Crippen LogP contribution >= 0.6 is 0 Å². The minimum atomic E-state index is -0.822. The van der Waals surface area contributed by atoms with Crippen LogP contribution in [0.1, 0.15) is 12.5 Å². The van der Waals surface area contributed by atoms with Gasteiger partial charge in [-0.25, -0.2) is 4.79 Å². The molecule has 1 aliphatic rings. The molecule has 4 nitrogen and oxygen atoms in total. The molecule has 0 radical (unpaired) electrons. The Morgan fingerprint density at radius 3 is 2.56 bits per heavy atom. The third-order valence-electron chi connectivity index (χ3n) is 3.03. The molecular formula is C14H16O4. The van der Waals surface area contributed by atoms with Crippen molar-refractivity contribution >= 4 is 12.0 Å². The smallest absolute Gasteiger partial charge is 0.340 e. The number of epoxide rings is 1. The van der Waals surface area contributed by atoms with Crippen LogP contribution < -0.4 is 4.74 Å². The van der Waals surface area contributed by atoms with Crippen molar-refractivity contribution in [1.82, 2.24) is 0 Å². The molecule has 18 heavy (non-hydrogen) atoms. The Morgan fingerprint density at radius 2 is 2.00 bits per heavy atom. The van der Waals surface area contributed by atoms with E-state index in [1.54, 1.807) is 14.0 Å². The van der Waals surface area contributed by atoms with Gasteiger partial charge >= 0.3 is 5.97 Å². The summed E-state index contributed by atoms with van der Waals surface area (Å²) in [5, 5.41) is 0. The Labute approximate surface area is 106 Å². The van der Waals surface area contributed by atoms with Crippen LogP contribution in [0.15, 0.2) is 30.3 Å². The fourth-order valence-electron chi connectivity index (χ4n) is 1.73. The van der Waals surface area contributed by atoms with E-state index in [2.05, 4.69) is 4.74 Å². The number of esters is 1. The van der Waals surface area contributed by atoms with Crippen LogP contribution in [-0.2, 0) is 14.3 Å². The second-order valence-electron chi connectivity index (χ2n) is 4.27. The highest BCUT2D eigenvalue weighted by molar-refractivity contribution is 5.83. The molecule has 4 heteroatoms. The highest BCUT2D eigenvalue weighted by atomic mass is 16.7. The molecule has 0 aromatic heterocycles. The first kappa shape index (κ1) is 12.6. The van der Waals surface area contributed by atoms with Crippen molar-refractivity contribution in [2.75, 3.05) is 14.2 Å². The molecule has 0 aliphatic carbocycles. The first-order valence-electron chi connectivity index (χ1n) is 5.68. The maximum atomic E-state index is 11.4. The van der Waals surface area contributed by atoms with Crippen LogP contribution in [0.5, 0.6) is 5.75 Å². The molecule has 1 saturated heterocycles. The Balaban J connectivity index is 1.98. The highest BCUT2D eigenvalue weighted by Gasteiger charge is 2.58. The third kappa shape index (κ3) is 2.38. The van der Waals surface area contributed by atoms with Gasteiger partial charge in [0.1, 0.15) is 11.9 Å². The van der Waals surface area contributed by atoms with E-state index in [-0.39, 0.29) is 12.1 Å². The molecule has 1 heterocycles. The number of ether oxygens (including phenoxy) is 3. The largest absolute Gasteiger partial charge is 0.497 e. The molecule has 0 amide bonds. The van der Waals surface area contributed by atoms with E-state index in [0.717, 1.165) is 11.3 Å². The Kier molecular flexibility index (Phi) is 3.39. The lowest BCUT2D eigenvalue weighted by Crippen LogP contribution is -2.24. The van der Waals surface area contributed by atoms with Crippen molar-refractivity contribution in [3.8, 4) is 5.75 Å². The van der Waals surface area contributed by atoms with Gasteiger partial charge in [0.2, 0.25) is 0 Å². The van der Waals surface area contributed by atoms with E-state index in [0.29, 0.717) is 0 Å². The van der Waals surface area contributed by atoms with Crippen LogP contribution in [0.25, 0.3) is 6.08 Å².